The summed E-state index contributed by atoms with van der Waals surface area (Å²) in [6.45, 7) is 2.19. The van der Waals surface area contributed by atoms with E-state index in [1.807, 2.05) is 42.5 Å². The molecule has 3 nitrogen and oxygen atoms in total. The first kappa shape index (κ1) is 16.2. The number of methoxy groups -OCH3 is 1. The van der Waals surface area contributed by atoms with E-state index >= 15 is 0 Å². The Morgan fingerprint density at radius 2 is 1.73 bits per heavy atom. The fourth-order valence-corrected chi connectivity index (χ4v) is 2.32. The molecule has 0 spiro atoms. The number of ketones is 1. The molecule has 22 heavy (non-hydrogen) atoms. The molecule has 0 radical (unpaired) electrons. The molecule has 0 aliphatic heterocycles. The van der Waals surface area contributed by atoms with Crippen LogP contribution in [0.1, 0.15) is 30.6 Å². The summed E-state index contributed by atoms with van der Waals surface area (Å²) in [5.41, 5.74) is 2.24. The molecule has 0 fully saturated rings. The molecule has 1 unspecified atom stereocenters. The lowest BCUT2D eigenvalue weighted by Crippen LogP contribution is -2.11. The summed E-state index contributed by atoms with van der Waals surface area (Å²) in [5.74, 6) is 0.926. The molecule has 0 heterocycles. The number of Topliss-reactive ketones (excluding diaryl/α,β-unsaturated/α-hetero) is 1. The Morgan fingerprint density at radius 3 is 2.32 bits per heavy atom. The van der Waals surface area contributed by atoms with Crippen molar-refractivity contribution in [1.82, 2.24) is 0 Å². The highest BCUT2D eigenvalue weighted by Gasteiger charge is 2.14. The average Bonchev–Trinajstić information content (AvgIpc) is 2.55. The number of ether oxygens (including phenoxy) is 2. The molecule has 0 bridgehead atoms. The van der Waals surface area contributed by atoms with Gasteiger partial charge in [-0.1, -0.05) is 42.5 Å². The van der Waals surface area contributed by atoms with Crippen molar-refractivity contribution in [2.45, 2.75) is 25.9 Å². The summed E-state index contributed by atoms with van der Waals surface area (Å²) >= 11 is 0. The van der Waals surface area contributed by atoms with E-state index in [0.717, 1.165) is 17.7 Å². The molecule has 1 atom stereocenters. The molecule has 0 saturated carbocycles. The van der Waals surface area contributed by atoms with Crippen molar-refractivity contribution in [1.29, 1.82) is 0 Å². The predicted octanol–water partition coefficient (Wildman–Crippen LogP) is 3.97. The van der Waals surface area contributed by atoms with Gasteiger partial charge in [0.15, 0.2) is 0 Å². The Bertz CT molecular complexity index is 575. The monoisotopic (exact) mass is 298 g/mol. The predicted molar refractivity (Wildman–Crippen MR) is 87.1 cm³/mol. The van der Waals surface area contributed by atoms with Gasteiger partial charge in [0.25, 0.3) is 0 Å². The minimum atomic E-state index is -0.202. The van der Waals surface area contributed by atoms with E-state index in [0.29, 0.717) is 13.0 Å². The fourth-order valence-electron chi connectivity index (χ4n) is 2.32. The van der Waals surface area contributed by atoms with E-state index in [-0.39, 0.29) is 11.9 Å². The Labute approximate surface area is 131 Å². The zero-order valence-electron chi connectivity index (χ0n) is 13.1. The number of hydrogen-bond acceptors (Lipinski definition) is 3. The highest BCUT2D eigenvalue weighted by Crippen LogP contribution is 2.24. The van der Waals surface area contributed by atoms with Crippen LogP contribution in [0.25, 0.3) is 0 Å². The Balaban J connectivity index is 1.97. The van der Waals surface area contributed by atoms with Gasteiger partial charge in [-0.15, -0.1) is 0 Å². The molecule has 0 aliphatic rings. The summed E-state index contributed by atoms with van der Waals surface area (Å²) in [6.07, 6.45) is 1.03. The number of hydrogen-bond donors (Lipinski definition) is 0. The van der Waals surface area contributed by atoms with Crippen molar-refractivity contribution < 1.29 is 14.3 Å². The average molecular weight is 298 g/mol. The summed E-state index contributed by atoms with van der Waals surface area (Å²) < 4.78 is 11.1. The highest BCUT2D eigenvalue weighted by atomic mass is 16.5. The van der Waals surface area contributed by atoms with Gasteiger partial charge in [-0.05, 0) is 36.6 Å². The molecular formula is C19H22O3. The number of carbonyl (C=O) groups is 1. The zero-order chi connectivity index (χ0) is 15.8. The van der Waals surface area contributed by atoms with Gasteiger partial charge in [-0.25, -0.2) is 0 Å². The van der Waals surface area contributed by atoms with E-state index in [2.05, 4.69) is 12.1 Å². The molecular weight excluding hydrogens is 276 g/mol. The van der Waals surface area contributed by atoms with Gasteiger partial charge in [0.1, 0.15) is 11.5 Å². The van der Waals surface area contributed by atoms with Crippen LogP contribution in [-0.4, -0.2) is 19.5 Å². The van der Waals surface area contributed by atoms with Crippen LogP contribution >= 0.6 is 0 Å². The standard InChI is InChI=1S/C19H22O3/c1-15(20)14-19(17-8-10-18(21-2)11-9-17)22-13-12-16-6-4-3-5-7-16/h3-11,19H,12-14H2,1-2H3. The van der Waals surface area contributed by atoms with Crippen LogP contribution in [0.2, 0.25) is 0 Å². The quantitative estimate of drug-likeness (QED) is 0.739. The summed E-state index contributed by atoms with van der Waals surface area (Å²) in [5, 5.41) is 0. The second-order valence-electron chi connectivity index (χ2n) is 5.27. The maximum Gasteiger partial charge on any atom is 0.132 e. The summed E-state index contributed by atoms with van der Waals surface area (Å²) in [4.78, 5) is 11.5. The number of benzene rings is 2. The summed E-state index contributed by atoms with van der Waals surface area (Å²) in [6, 6.07) is 17.9. The molecule has 0 N–H and O–H groups in total. The SMILES string of the molecule is COc1ccc(C(CC(C)=O)OCCc2ccccc2)cc1. The van der Waals surface area contributed by atoms with Crippen LogP contribution in [-0.2, 0) is 16.0 Å². The Kier molecular flexibility index (Phi) is 6.16. The first-order valence-electron chi connectivity index (χ1n) is 7.48. The van der Waals surface area contributed by atoms with Crippen LogP contribution in [0.5, 0.6) is 5.75 Å². The highest BCUT2D eigenvalue weighted by molar-refractivity contribution is 5.76. The van der Waals surface area contributed by atoms with Crippen LogP contribution in [0.4, 0.5) is 0 Å². The van der Waals surface area contributed by atoms with Crippen molar-refractivity contribution in [3.05, 3.63) is 65.7 Å². The van der Waals surface area contributed by atoms with Crippen LogP contribution in [0.15, 0.2) is 54.6 Å². The van der Waals surface area contributed by atoms with E-state index in [1.54, 1.807) is 14.0 Å². The lowest BCUT2D eigenvalue weighted by atomic mass is 10.0. The van der Waals surface area contributed by atoms with Crippen LogP contribution in [0.3, 0.4) is 0 Å². The number of rotatable bonds is 8. The molecule has 0 aromatic heterocycles. The van der Waals surface area contributed by atoms with Crippen molar-refractivity contribution >= 4 is 5.78 Å². The smallest absolute Gasteiger partial charge is 0.132 e. The third-order valence-corrected chi connectivity index (χ3v) is 3.51. The molecule has 0 aliphatic carbocycles. The maximum absolute atomic E-state index is 11.5. The van der Waals surface area contributed by atoms with Crippen molar-refractivity contribution in [2.24, 2.45) is 0 Å². The molecule has 2 rings (SSSR count). The lowest BCUT2D eigenvalue weighted by molar-refractivity contribution is -0.120. The molecule has 2 aromatic rings. The van der Waals surface area contributed by atoms with Gasteiger partial charge in [-0.2, -0.15) is 0 Å². The van der Waals surface area contributed by atoms with Crippen molar-refractivity contribution in [2.75, 3.05) is 13.7 Å². The van der Waals surface area contributed by atoms with E-state index in [1.165, 1.54) is 5.56 Å². The molecule has 2 aromatic carbocycles. The van der Waals surface area contributed by atoms with Crippen molar-refractivity contribution in [3.63, 3.8) is 0 Å². The van der Waals surface area contributed by atoms with E-state index in [9.17, 15) is 4.79 Å². The lowest BCUT2D eigenvalue weighted by Gasteiger charge is -2.17. The largest absolute Gasteiger partial charge is 0.497 e. The van der Waals surface area contributed by atoms with E-state index in [4.69, 9.17) is 9.47 Å². The first-order valence-corrected chi connectivity index (χ1v) is 7.48. The van der Waals surface area contributed by atoms with Gasteiger partial charge in [0.05, 0.1) is 19.8 Å². The third-order valence-electron chi connectivity index (χ3n) is 3.51. The first-order chi connectivity index (χ1) is 10.7. The minimum absolute atomic E-state index is 0.125. The third kappa shape index (κ3) is 5.01. The molecule has 3 heteroatoms. The van der Waals surface area contributed by atoms with Gasteiger partial charge in [0, 0.05) is 6.42 Å². The Hall–Kier alpha value is -2.13. The van der Waals surface area contributed by atoms with Gasteiger partial charge < -0.3 is 9.47 Å². The number of carbonyl (C=O) groups excluding carboxylic acids is 1. The van der Waals surface area contributed by atoms with E-state index < -0.39 is 0 Å². The second-order valence-corrected chi connectivity index (χ2v) is 5.27. The fraction of sp³-hybridized carbons (Fsp3) is 0.316. The molecule has 0 amide bonds. The topological polar surface area (TPSA) is 35.5 Å². The van der Waals surface area contributed by atoms with Crippen LogP contribution < -0.4 is 4.74 Å². The maximum atomic E-state index is 11.5. The van der Waals surface area contributed by atoms with Crippen LogP contribution in [0, 0.1) is 0 Å². The Morgan fingerprint density at radius 1 is 1.05 bits per heavy atom. The van der Waals surface area contributed by atoms with Gasteiger partial charge in [0.2, 0.25) is 0 Å². The summed E-state index contributed by atoms with van der Waals surface area (Å²) in [7, 11) is 1.64. The minimum Gasteiger partial charge on any atom is -0.497 e. The second kappa shape index (κ2) is 8.35. The molecule has 0 saturated heterocycles. The van der Waals surface area contributed by atoms with Gasteiger partial charge in [-0.3, -0.25) is 4.79 Å². The van der Waals surface area contributed by atoms with Crippen molar-refractivity contribution in [3.8, 4) is 5.75 Å². The normalized spacial score (nSPS) is 11.9. The zero-order valence-corrected chi connectivity index (χ0v) is 13.1. The van der Waals surface area contributed by atoms with Gasteiger partial charge >= 0.3 is 0 Å². The molecule has 116 valence electrons.